The highest BCUT2D eigenvalue weighted by Crippen LogP contribution is 2.07. The summed E-state index contributed by atoms with van der Waals surface area (Å²) in [6.45, 7) is 0.912. The number of carbonyl (C=O) groups excluding carboxylic acids is 1. The summed E-state index contributed by atoms with van der Waals surface area (Å²) >= 11 is 5.91. The maximum Gasteiger partial charge on any atom is 0.224 e. The Morgan fingerprint density at radius 3 is 2.89 bits per heavy atom. The molecule has 0 fully saturated rings. The van der Waals surface area contributed by atoms with Crippen LogP contribution in [-0.2, 0) is 16.0 Å². The molecule has 1 atom stereocenters. The molecule has 1 rings (SSSR count). The Bertz CT molecular complexity index is 387. The zero-order valence-corrected chi connectivity index (χ0v) is 11.0. The molecular weight excluding hydrogens is 257 g/mol. The van der Waals surface area contributed by atoms with Crippen LogP contribution >= 0.6 is 11.6 Å². The first-order valence-corrected chi connectivity index (χ1v) is 6.20. The minimum absolute atomic E-state index is 0.0455. The van der Waals surface area contributed by atoms with E-state index in [-0.39, 0.29) is 23.5 Å². The van der Waals surface area contributed by atoms with Crippen molar-refractivity contribution in [3.8, 4) is 0 Å². The molecule has 0 spiro atoms. The lowest BCUT2D eigenvalue weighted by molar-refractivity contribution is -0.120. The van der Waals surface area contributed by atoms with E-state index in [1.54, 1.807) is 25.3 Å². The molecule has 0 aliphatic heterocycles. The van der Waals surface area contributed by atoms with Gasteiger partial charge in [0.2, 0.25) is 5.91 Å². The fourth-order valence-corrected chi connectivity index (χ4v) is 1.74. The molecule has 1 N–H and O–H groups in total. The predicted octanol–water partition coefficient (Wildman–Crippen LogP) is 2.13. The third-order valence-corrected chi connectivity index (χ3v) is 2.78. The van der Waals surface area contributed by atoms with E-state index < -0.39 is 0 Å². The van der Waals surface area contributed by atoms with Gasteiger partial charge in [0.15, 0.2) is 0 Å². The molecule has 100 valence electrons. The minimum atomic E-state index is -0.359. The van der Waals surface area contributed by atoms with E-state index in [1.165, 1.54) is 6.07 Å². The average molecular weight is 274 g/mol. The van der Waals surface area contributed by atoms with E-state index >= 15 is 0 Å². The summed E-state index contributed by atoms with van der Waals surface area (Å²) in [6, 6.07) is 6.25. The van der Waals surface area contributed by atoms with Crippen molar-refractivity contribution < 1.29 is 13.9 Å². The molecule has 1 aromatic rings. The molecule has 3 nitrogen and oxygen atoms in total. The van der Waals surface area contributed by atoms with Crippen LogP contribution in [0, 0.1) is 5.82 Å². The summed E-state index contributed by atoms with van der Waals surface area (Å²) in [6.07, 6.45) is 0.669. The zero-order chi connectivity index (χ0) is 13.4. The number of hydrogen-bond acceptors (Lipinski definition) is 2. The molecule has 0 heterocycles. The second-order valence-electron chi connectivity index (χ2n) is 3.96. The number of hydrogen-bond donors (Lipinski definition) is 1. The van der Waals surface area contributed by atoms with Crippen LogP contribution in [0.5, 0.6) is 0 Å². The van der Waals surface area contributed by atoms with Gasteiger partial charge in [-0.25, -0.2) is 4.39 Å². The number of carbonyl (C=O) groups is 1. The normalized spacial score (nSPS) is 12.2. The number of benzene rings is 1. The first kappa shape index (κ1) is 14.9. The molecular formula is C13H17ClFNO2. The van der Waals surface area contributed by atoms with Crippen molar-refractivity contribution in [2.75, 3.05) is 20.3 Å². The van der Waals surface area contributed by atoms with Crippen molar-refractivity contribution in [2.24, 2.45) is 0 Å². The summed E-state index contributed by atoms with van der Waals surface area (Å²) < 4.78 is 18.2. The first-order chi connectivity index (χ1) is 8.63. The van der Waals surface area contributed by atoms with Gasteiger partial charge in [-0.05, 0) is 18.1 Å². The summed E-state index contributed by atoms with van der Waals surface area (Å²) in [7, 11) is 1.58. The number of rotatable bonds is 7. The van der Waals surface area contributed by atoms with Gasteiger partial charge < -0.3 is 10.1 Å². The molecule has 1 amide bonds. The van der Waals surface area contributed by atoms with Crippen LogP contribution in [0.25, 0.3) is 0 Å². The van der Waals surface area contributed by atoms with Crippen LogP contribution in [-0.4, -0.2) is 31.5 Å². The van der Waals surface area contributed by atoms with Gasteiger partial charge in [-0.3, -0.25) is 4.79 Å². The molecule has 0 aliphatic carbocycles. The topological polar surface area (TPSA) is 38.3 Å². The molecule has 0 radical (unpaired) electrons. The number of methoxy groups -OCH3 is 1. The number of nitrogens with one attached hydrogen (secondary N) is 1. The molecule has 0 saturated heterocycles. The van der Waals surface area contributed by atoms with E-state index in [0.29, 0.717) is 25.1 Å². The van der Waals surface area contributed by atoms with Gasteiger partial charge in [-0.2, -0.15) is 0 Å². The molecule has 0 bridgehead atoms. The molecule has 5 heteroatoms. The number of amides is 1. The minimum Gasteiger partial charge on any atom is -0.383 e. The van der Waals surface area contributed by atoms with E-state index in [1.807, 2.05) is 0 Å². The average Bonchev–Trinajstić information content (AvgIpc) is 2.32. The monoisotopic (exact) mass is 273 g/mol. The Labute approximate surface area is 111 Å². The lowest BCUT2D eigenvalue weighted by Crippen LogP contribution is -2.28. The molecule has 1 aromatic carbocycles. The standard InChI is InChI=1S/C13H17ClFNO2/c1-18-9-11(14)6-7-16-13(17)8-10-4-2-3-5-12(10)15/h2-5,11H,6-9H2,1H3,(H,16,17). The summed E-state index contributed by atoms with van der Waals surface area (Å²) in [4.78, 5) is 11.6. The zero-order valence-electron chi connectivity index (χ0n) is 10.3. The lowest BCUT2D eigenvalue weighted by Gasteiger charge is -2.09. The fraction of sp³-hybridized carbons (Fsp3) is 0.462. The van der Waals surface area contributed by atoms with Crippen molar-refractivity contribution in [1.82, 2.24) is 5.32 Å². The molecule has 18 heavy (non-hydrogen) atoms. The Balaban J connectivity index is 2.28. The number of halogens is 2. The second-order valence-corrected chi connectivity index (χ2v) is 4.58. The Morgan fingerprint density at radius 2 is 2.22 bits per heavy atom. The largest absolute Gasteiger partial charge is 0.383 e. The van der Waals surface area contributed by atoms with Crippen LogP contribution in [0.15, 0.2) is 24.3 Å². The third kappa shape index (κ3) is 5.47. The van der Waals surface area contributed by atoms with Gasteiger partial charge in [0.1, 0.15) is 5.82 Å². The molecule has 1 unspecified atom stereocenters. The lowest BCUT2D eigenvalue weighted by atomic mass is 10.1. The quantitative estimate of drug-likeness (QED) is 0.773. The van der Waals surface area contributed by atoms with E-state index in [2.05, 4.69) is 5.32 Å². The van der Waals surface area contributed by atoms with Crippen LogP contribution in [0.4, 0.5) is 4.39 Å². The van der Waals surface area contributed by atoms with Gasteiger partial charge in [-0.1, -0.05) is 18.2 Å². The van der Waals surface area contributed by atoms with Crippen LogP contribution < -0.4 is 5.32 Å². The smallest absolute Gasteiger partial charge is 0.224 e. The van der Waals surface area contributed by atoms with Crippen LogP contribution in [0.3, 0.4) is 0 Å². The van der Waals surface area contributed by atoms with Crippen molar-refractivity contribution in [3.63, 3.8) is 0 Å². The second kappa shape index (κ2) is 8.06. The summed E-state index contributed by atoms with van der Waals surface area (Å²) in [5.41, 5.74) is 0.398. The number of ether oxygens (including phenoxy) is 1. The van der Waals surface area contributed by atoms with Crippen molar-refractivity contribution in [1.29, 1.82) is 0 Å². The molecule has 0 saturated carbocycles. The maximum absolute atomic E-state index is 13.3. The first-order valence-electron chi connectivity index (χ1n) is 5.76. The SMILES string of the molecule is COCC(Cl)CCNC(=O)Cc1ccccc1F. The van der Waals surface area contributed by atoms with Gasteiger partial charge in [-0.15, -0.1) is 11.6 Å². The Morgan fingerprint density at radius 1 is 1.50 bits per heavy atom. The van der Waals surface area contributed by atoms with Crippen molar-refractivity contribution in [3.05, 3.63) is 35.6 Å². The molecule has 0 aromatic heterocycles. The van der Waals surface area contributed by atoms with Crippen molar-refractivity contribution >= 4 is 17.5 Å². The number of alkyl halides is 1. The van der Waals surface area contributed by atoms with E-state index in [4.69, 9.17) is 16.3 Å². The van der Waals surface area contributed by atoms with Gasteiger partial charge in [0, 0.05) is 13.7 Å². The van der Waals surface area contributed by atoms with Crippen LogP contribution in [0.2, 0.25) is 0 Å². The van der Waals surface area contributed by atoms with E-state index in [0.717, 1.165) is 0 Å². The third-order valence-electron chi connectivity index (χ3n) is 2.44. The Hall–Kier alpha value is -1.13. The highest BCUT2D eigenvalue weighted by atomic mass is 35.5. The van der Waals surface area contributed by atoms with E-state index in [9.17, 15) is 9.18 Å². The Kier molecular flexibility index (Phi) is 6.68. The predicted molar refractivity (Wildman–Crippen MR) is 69.2 cm³/mol. The molecule has 0 aliphatic rings. The maximum atomic E-state index is 13.3. The van der Waals surface area contributed by atoms with Crippen LogP contribution in [0.1, 0.15) is 12.0 Å². The fourth-order valence-electron chi connectivity index (χ4n) is 1.51. The van der Waals surface area contributed by atoms with Gasteiger partial charge in [0.25, 0.3) is 0 Å². The highest BCUT2D eigenvalue weighted by molar-refractivity contribution is 6.20. The summed E-state index contributed by atoms with van der Waals surface area (Å²) in [5, 5.41) is 2.58. The van der Waals surface area contributed by atoms with Gasteiger partial charge in [0.05, 0.1) is 18.4 Å². The summed E-state index contributed by atoms with van der Waals surface area (Å²) in [5.74, 6) is -0.566. The van der Waals surface area contributed by atoms with Crippen molar-refractivity contribution in [2.45, 2.75) is 18.2 Å². The highest BCUT2D eigenvalue weighted by Gasteiger charge is 2.08. The van der Waals surface area contributed by atoms with Gasteiger partial charge >= 0.3 is 0 Å².